The summed E-state index contributed by atoms with van der Waals surface area (Å²) in [5, 5.41) is 13.1. The molecule has 0 aliphatic carbocycles. The molecule has 4 aromatic rings. The van der Waals surface area contributed by atoms with Crippen molar-refractivity contribution in [1.29, 1.82) is 0 Å². The van der Waals surface area contributed by atoms with E-state index in [1.165, 1.54) is 0 Å². The summed E-state index contributed by atoms with van der Waals surface area (Å²) < 4.78 is 33.5. The number of hydrogen-bond acceptors (Lipinski definition) is 6. The van der Waals surface area contributed by atoms with Gasteiger partial charge in [-0.05, 0) is 30.3 Å². The van der Waals surface area contributed by atoms with Crippen LogP contribution in [0, 0.1) is 0 Å². The Labute approximate surface area is 197 Å². The molecule has 0 radical (unpaired) electrons. The second-order valence-corrected chi connectivity index (χ2v) is 7.01. The van der Waals surface area contributed by atoms with E-state index in [-0.39, 0.29) is 5.91 Å². The number of nitrogens with one attached hydrogen (secondary N) is 2. The average molecular weight is 484 g/mol. The number of carboxylic acid groups (broad SMARTS) is 1. The monoisotopic (exact) mass is 484 g/mol. The van der Waals surface area contributed by atoms with Crippen LogP contribution in [0.2, 0.25) is 0 Å². The third-order valence-corrected chi connectivity index (χ3v) is 4.41. The van der Waals surface area contributed by atoms with Gasteiger partial charge >= 0.3 is 12.1 Å². The summed E-state index contributed by atoms with van der Waals surface area (Å²) in [5.41, 5.74) is 3.80. The number of aryl methyl sites for hydroxylation is 1. The molecule has 0 saturated heterocycles. The highest BCUT2D eigenvalue weighted by Crippen LogP contribution is 2.22. The van der Waals surface area contributed by atoms with E-state index in [0.29, 0.717) is 17.3 Å². The fraction of sp³-hybridized carbons (Fsp3) is 0.0870. The van der Waals surface area contributed by atoms with Crippen molar-refractivity contribution in [2.24, 2.45) is 7.05 Å². The number of carbonyl (C=O) groups is 2. The molecule has 180 valence electrons. The number of alkyl halides is 3. The molecule has 0 fully saturated rings. The summed E-state index contributed by atoms with van der Waals surface area (Å²) in [4.78, 5) is 34.2. The summed E-state index contributed by atoms with van der Waals surface area (Å²) in [5.74, 6) is -2.45. The molecule has 0 atom stereocenters. The van der Waals surface area contributed by atoms with Crippen molar-refractivity contribution < 1.29 is 27.9 Å². The number of rotatable bonds is 5. The largest absolute Gasteiger partial charge is 0.490 e. The number of aliphatic carboxylic acids is 1. The SMILES string of the molecule is Cn1cc(-c2cnc(Nc3ccccc3)nc2)cc1C(=O)Nc1cccnc1.O=C(O)C(F)(F)F. The molecule has 0 aliphatic rings. The molecule has 0 spiro atoms. The number of anilines is 3. The smallest absolute Gasteiger partial charge is 0.475 e. The Morgan fingerprint density at radius 1 is 0.943 bits per heavy atom. The predicted octanol–water partition coefficient (Wildman–Crippen LogP) is 4.51. The highest BCUT2D eigenvalue weighted by atomic mass is 19.4. The first-order valence-corrected chi connectivity index (χ1v) is 9.96. The third kappa shape index (κ3) is 7.12. The van der Waals surface area contributed by atoms with Gasteiger partial charge in [0.05, 0.1) is 11.9 Å². The summed E-state index contributed by atoms with van der Waals surface area (Å²) in [7, 11) is 1.83. The van der Waals surface area contributed by atoms with Gasteiger partial charge in [-0.15, -0.1) is 0 Å². The van der Waals surface area contributed by atoms with Crippen LogP contribution in [0.5, 0.6) is 0 Å². The molecule has 0 unspecified atom stereocenters. The molecule has 3 N–H and O–H groups in total. The molecular weight excluding hydrogens is 465 g/mol. The van der Waals surface area contributed by atoms with Crippen LogP contribution in [-0.4, -0.2) is 42.7 Å². The van der Waals surface area contributed by atoms with Crippen LogP contribution in [0.1, 0.15) is 10.5 Å². The van der Waals surface area contributed by atoms with Crippen LogP contribution in [-0.2, 0) is 11.8 Å². The Balaban J connectivity index is 0.000000429. The van der Waals surface area contributed by atoms with Crippen molar-refractivity contribution in [3.05, 3.63) is 85.2 Å². The second kappa shape index (κ2) is 10.9. The summed E-state index contributed by atoms with van der Waals surface area (Å²) in [6.07, 6.45) is 3.52. The van der Waals surface area contributed by atoms with E-state index in [9.17, 15) is 18.0 Å². The minimum absolute atomic E-state index is 0.204. The van der Waals surface area contributed by atoms with Gasteiger partial charge in [-0.1, -0.05) is 18.2 Å². The quantitative estimate of drug-likeness (QED) is 0.381. The van der Waals surface area contributed by atoms with Gasteiger partial charge in [-0.3, -0.25) is 9.78 Å². The number of benzene rings is 1. The number of halogens is 3. The van der Waals surface area contributed by atoms with Crippen molar-refractivity contribution in [2.45, 2.75) is 6.18 Å². The topological polar surface area (TPSA) is 122 Å². The van der Waals surface area contributed by atoms with Gasteiger partial charge < -0.3 is 20.3 Å². The zero-order valence-electron chi connectivity index (χ0n) is 18.2. The maximum absolute atomic E-state index is 12.5. The maximum atomic E-state index is 12.5. The molecule has 0 aliphatic heterocycles. The standard InChI is InChI=1S/C21H18N6O.C2HF3O2/c1-27-14-15(10-19(27)20(28)25-18-8-5-9-22-13-18)16-11-23-21(24-12-16)26-17-6-3-2-4-7-17;3-2(4,5)1(6)7/h2-14H,1H3,(H,25,28)(H,23,24,26);(H,6,7). The predicted molar refractivity (Wildman–Crippen MR) is 122 cm³/mol. The second-order valence-electron chi connectivity index (χ2n) is 7.01. The first-order chi connectivity index (χ1) is 16.6. The van der Waals surface area contributed by atoms with Crippen LogP contribution >= 0.6 is 0 Å². The van der Waals surface area contributed by atoms with E-state index in [1.54, 1.807) is 41.5 Å². The minimum atomic E-state index is -5.08. The lowest BCUT2D eigenvalue weighted by molar-refractivity contribution is -0.192. The number of para-hydroxylation sites is 1. The van der Waals surface area contributed by atoms with Crippen LogP contribution in [0.15, 0.2) is 79.5 Å². The Morgan fingerprint density at radius 2 is 1.57 bits per heavy atom. The van der Waals surface area contributed by atoms with Gasteiger partial charge in [-0.2, -0.15) is 13.2 Å². The summed E-state index contributed by atoms with van der Waals surface area (Å²) in [6, 6.07) is 15.1. The van der Waals surface area contributed by atoms with Crippen molar-refractivity contribution in [3.63, 3.8) is 0 Å². The number of nitrogens with zero attached hydrogens (tertiary/aromatic N) is 4. The third-order valence-electron chi connectivity index (χ3n) is 4.41. The van der Waals surface area contributed by atoms with Crippen molar-refractivity contribution >= 4 is 29.2 Å². The van der Waals surface area contributed by atoms with E-state index in [4.69, 9.17) is 9.90 Å². The normalized spacial score (nSPS) is 10.6. The fourth-order valence-corrected chi connectivity index (χ4v) is 2.77. The summed E-state index contributed by atoms with van der Waals surface area (Å²) >= 11 is 0. The number of amides is 1. The Bertz CT molecular complexity index is 1280. The van der Waals surface area contributed by atoms with Gasteiger partial charge in [-0.25, -0.2) is 14.8 Å². The fourth-order valence-electron chi connectivity index (χ4n) is 2.77. The molecule has 0 bridgehead atoms. The molecule has 4 rings (SSSR count). The molecule has 1 aromatic carbocycles. The van der Waals surface area contributed by atoms with Gasteiger partial charge in [0.15, 0.2) is 0 Å². The zero-order chi connectivity index (χ0) is 25.4. The lowest BCUT2D eigenvalue weighted by atomic mass is 10.2. The van der Waals surface area contributed by atoms with Crippen LogP contribution in [0.25, 0.3) is 11.1 Å². The molecular formula is C23H19F3N6O3. The number of hydrogen-bond donors (Lipinski definition) is 3. The maximum Gasteiger partial charge on any atom is 0.490 e. The lowest BCUT2D eigenvalue weighted by Crippen LogP contribution is -2.21. The molecule has 9 nitrogen and oxygen atoms in total. The number of carbonyl (C=O) groups excluding carboxylic acids is 1. The van der Waals surface area contributed by atoms with Gasteiger partial charge in [0.25, 0.3) is 5.91 Å². The lowest BCUT2D eigenvalue weighted by Gasteiger charge is -2.05. The highest BCUT2D eigenvalue weighted by molar-refractivity contribution is 6.04. The minimum Gasteiger partial charge on any atom is -0.475 e. The van der Waals surface area contributed by atoms with Crippen LogP contribution in [0.3, 0.4) is 0 Å². The Morgan fingerprint density at radius 3 is 2.14 bits per heavy atom. The molecule has 3 aromatic heterocycles. The number of carboxylic acids is 1. The first-order valence-electron chi connectivity index (χ1n) is 9.96. The molecule has 12 heteroatoms. The summed E-state index contributed by atoms with van der Waals surface area (Å²) in [6.45, 7) is 0. The van der Waals surface area contributed by atoms with E-state index < -0.39 is 12.1 Å². The highest BCUT2D eigenvalue weighted by Gasteiger charge is 2.38. The molecule has 0 saturated carbocycles. The van der Waals surface area contributed by atoms with Gasteiger partial charge in [0, 0.05) is 48.6 Å². The van der Waals surface area contributed by atoms with Gasteiger partial charge in [0.2, 0.25) is 5.95 Å². The van der Waals surface area contributed by atoms with Crippen molar-refractivity contribution in [1.82, 2.24) is 19.5 Å². The van der Waals surface area contributed by atoms with E-state index in [0.717, 1.165) is 16.8 Å². The van der Waals surface area contributed by atoms with Crippen LogP contribution < -0.4 is 10.6 Å². The molecule has 3 heterocycles. The average Bonchev–Trinajstić information content (AvgIpc) is 3.22. The molecule has 1 amide bonds. The van der Waals surface area contributed by atoms with E-state index >= 15 is 0 Å². The van der Waals surface area contributed by atoms with Gasteiger partial charge in [0.1, 0.15) is 5.69 Å². The van der Waals surface area contributed by atoms with E-state index in [1.807, 2.05) is 49.6 Å². The Kier molecular flexibility index (Phi) is 7.77. The van der Waals surface area contributed by atoms with E-state index in [2.05, 4.69) is 25.6 Å². The number of aromatic nitrogens is 4. The number of pyridine rings is 1. The van der Waals surface area contributed by atoms with Crippen molar-refractivity contribution in [3.8, 4) is 11.1 Å². The van der Waals surface area contributed by atoms with Crippen LogP contribution in [0.4, 0.5) is 30.5 Å². The zero-order valence-corrected chi connectivity index (χ0v) is 18.2. The Hall–Kier alpha value is -4.74. The first kappa shape index (κ1) is 24.9. The molecule has 35 heavy (non-hydrogen) atoms. The van der Waals surface area contributed by atoms with Crippen molar-refractivity contribution in [2.75, 3.05) is 10.6 Å².